The Morgan fingerprint density at radius 3 is 2.28 bits per heavy atom. The first-order valence-electron chi connectivity index (χ1n) is 6.14. The molecule has 1 nitrogen and oxygen atoms in total. The van der Waals surface area contributed by atoms with Crippen molar-refractivity contribution in [2.24, 2.45) is 5.92 Å². The van der Waals surface area contributed by atoms with E-state index in [1.807, 2.05) is 6.92 Å². The lowest BCUT2D eigenvalue weighted by Gasteiger charge is -2.21. The first kappa shape index (κ1) is 13.2. The second kappa shape index (κ2) is 5.16. The van der Waals surface area contributed by atoms with Crippen molar-refractivity contribution < 1.29 is 17.6 Å². The van der Waals surface area contributed by atoms with Crippen molar-refractivity contribution in [3.05, 3.63) is 29.3 Å². The average molecular weight is 261 g/mol. The number of rotatable bonds is 3. The van der Waals surface area contributed by atoms with Crippen molar-refractivity contribution in [1.82, 2.24) is 0 Å². The lowest BCUT2D eigenvalue weighted by Crippen LogP contribution is -2.25. The Hall–Kier alpha value is -1.26. The molecule has 0 bridgehead atoms. The van der Waals surface area contributed by atoms with Crippen molar-refractivity contribution in [1.29, 1.82) is 0 Å². The van der Waals surface area contributed by atoms with Crippen molar-refractivity contribution in [3.8, 4) is 0 Å². The van der Waals surface area contributed by atoms with Crippen LogP contribution < -0.4 is 5.32 Å². The van der Waals surface area contributed by atoms with Crippen LogP contribution >= 0.6 is 0 Å². The standard InChI is InChI=1S/C13H15F4N/c1-2-7-4-3-5-10(7)18-13-11(16)8(14)6-9(15)12(13)17/h6-7,10,18H,2-5H2,1H3. The molecule has 18 heavy (non-hydrogen) atoms. The maximum absolute atomic E-state index is 13.5. The highest BCUT2D eigenvalue weighted by atomic mass is 19.2. The molecule has 1 aliphatic carbocycles. The van der Waals surface area contributed by atoms with E-state index in [2.05, 4.69) is 5.32 Å². The van der Waals surface area contributed by atoms with Crippen molar-refractivity contribution in [2.75, 3.05) is 5.32 Å². The van der Waals surface area contributed by atoms with Gasteiger partial charge in [0.1, 0.15) is 5.69 Å². The molecular weight excluding hydrogens is 246 g/mol. The molecule has 1 aromatic carbocycles. The molecule has 0 amide bonds. The van der Waals surface area contributed by atoms with Crippen LogP contribution in [0.25, 0.3) is 0 Å². The Morgan fingerprint density at radius 2 is 1.72 bits per heavy atom. The molecular formula is C13H15F4N. The predicted octanol–water partition coefficient (Wildman–Crippen LogP) is 4.23. The number of benzene rings is 1. The van der Waals surface area contributed by atoms with Gasteiger partial charge in [-0.1, -0.05) is 19.8 Å². The first-order chi connectivity index (χ1) is 8.54. The van der Waals surface area contributed by atoms with Gasteiger partial charge in [-0.2, -0.15) is 0 Å². The Bertz CT molecular complexity index is 421. The maximum atomic E-state index is 13.5. The summed E-state index contributed by atoms with van der Waals surface area (Å²) in [4.78, 5) is 0. The van der Waals surface area contributed by atoms with Crippen LogP contribution in [0.5, 0.6) is 0 Å². The molecule has 1 fully saturated rings. The molecule has 1 aliphatic rings. The zero-order valence-electron chi connectivity index (χ0n) is 10.1. The molecule has 2 unspecified atom stereocenters. The average Bonchev–Trinajstić information content (AvgIpc) is 2.79. The molecule has 2 atom stereocenters. The van der Waals surface area contributed by atoms with Gasteiger partial charge in [0.15, 0.2) is 23.3 Å². The summed E-state index contributed by atoms with van der Waals surface area (Å²) in [6.07, 6.45) is 3.56. The van der Waals surface area contributed by atoms with Gasteiger partial charge < -0.3 is 5.32 Å². The summed E-state index contributed by atoms with van der Waals surface area (Å²) in [6, 6.07) is 0.0992. The third kappa shape index (κ3) is 2.31. The van der Waals surface area contributed by atoms with E-state index in [0.29, 0.717) is 0 Å². The Labute approximate surface area is 103 Å². The van der Waals surface area contributed by atoms with Gasteiger partial charge in [-0.3, -0.25) is 0 Å². The summed E-state index contributed by atoms with van der Waals surface area (Å²) < 4.78 is 53.1. The third-order valence-corrected chi connectivity index (χ3v) is 3.62. The zero-order valence-corrected chi connectivity index (χ0v) is 10.1. The van der Waals surface area contributed by atoms with Crippen molar-refractivity contribution in [3.63, 3.8) is 0 Å². The van der Waals surface area contributed by atoms with E-state index >= 15 is 0 Å². The predicted molar refractivity (Wildman–Crippen MR) is 61.3 cm³/mol. The van der Waals surface area contributed by atoms with E-state index in [1.165, 1.54) is 0 Å². The fourth-order valence-corrected chi connectivity index (χ4v) is 2.60. The monoisotopic (exact) mass is 261 g/mol. The van der Waals surface area contributed by atoms with E-state index in [0.717, 1.165) is 25.7 Å². The third-order valence-electron chi connectivity index (χ3n) is 3.62. The minimum atomic E-state index is -1.37. The van der Waals surface area contributed by atoms with Crippen molar-refractivity contribution in [2.45, 2.75) is 38.6 Å². The fraction of sp³-hybridized carbons (Fsp3) is 0.538. The van der Waals surface area contributed by atoms with Crippen LogP contribution in [0.1, 0.15) is 32.6 Å². The Kier molecular flexibility index (Phi) is 3.78. The molecule has 1 aromatic rings. The van der Waals surface area contributed by atoms with Crippen LogP contribution in [0.4, 0.5) is 23.2 Å². The minimum absolute atomic E-state index is 0.125. The molecule has 1 saturated carbocycles. The second-order valence-electron chi connectivity index (χ2n) is 4.69. The molecule has 5 heteroatoms. The first-order valence-corrected chi connectivity index (χ1v) is 6.14. The molecule has 1 N–H and O–H groups in total. The van der Waals surface area contributed by atoms with Gasteiger partial charge in [0.25, 0.3) is 0 Å². The molecule has 2 rings (SSSR count). The lowest BCUT2D eigenvalue weighted by molar-refractivity contribution is 0.446. The normalized spacial score (nSPS) is 23.4. The number of hydrogen-bond donors (Lipinski definition) is 1. The van der Waals surface area contributed by atoms with Gasteiger partial charge in [-0.15, -0.1) is 0 Å². The van der Waals surface area contributed by atoms with Gasteiger partial charge in [0.05, 0.1) is 0 Å². The Morgan fingerprint density at radius 1 is 1.11 bits per heavy atom. The van der Waals surface area contributed by atoms with E-state index in [-0.39, 0.29) is 18.0 Å². The summed E-state index contributed by atoms with van der Waals surface area (Å²) in [6.45, 7) is 1.99. The van der Waals surface area contributed by atoms with Gasteiger partial charge in [0, 0.05) is 12.1 Å². The minimum Gasteiger partial charge on any atom is -0.377 e. The van der Waals surface area contributed by atoms with Crippen LogP contribution in [0.2, 0.25) is 0 Å². The number of halogens is 4. The van der Waals surface area contributed by atoms with E-state index in [9.17, 15) is 17.6 Å². The lowest BCUT2D eigenvalue weighted by atomic mass is 10.0. The largest absolute Gasteiger partial charge is 0.377 e. The molecule has 0 heterocycles. The summed E-state index contributed by atoms with van der Waals surface area (Å²) in [5.74, 6) is -5.16. The summed E-state index contributed by atoms with van der Waals surface area (Å²) in [5.41, 5.74) is -0.683. The molecule has 0 aliphatic heterocycles. The molecule has 100 valence electrons. The second-order valence-corrected chi connectivity index (χ2v) is 4.69. The zero-order chi connectivity index (χ0) is 13.3. The Balaban J connectivity index is 2.28. The van der Waals surface area contributed by atoms with Crippen LogP contribution in [-0.2, 0) is 0 Å². The number of nitrogens with one attached hydrogen (secondary N) is 1. The maximum Gasteiger partial charge on any atom is 0.185 e. The fourth-order valence-electron chi connectivity index (χ4n) is 2.60. The molecule has 0 aromatic heterocycles. The highest BCUT2D eigenvalue weighted by Crippen LogP contribution is 2.33. The quantitative estimate of drug-likeness (QED) is 0.634. The van der Waals surface area contributed by atoms with Gasteiger partial charge in [-0.25, -0.2) is 17.6 Å². The number of anilines is 1. The van der Waals surface area contributed by atoms with E-state index < -0.39 is 29.0 Å². The van der Waals surface area contributed by atoms with E-state index in [1.54, 1.807) is 0 Å². The van der Waals surface area contributed by atoms with Crippen LogP contribution in [0, 0.1) is 29.2 Å². The van der Waals surface area contributed by atoms with Gasteiger partial charge in [-0.05, 0) is 18.8 Å². The smallest absolute Gasteiger partial charge is 0.185 e. The van der Waals surface area contributed by atoms with Crippen LogP contribution in [0.15, 0.2) is 6.07 Å². The molecule has 0 spiro atoms. The number of hydrogen-bond acceptors (Lipinski definition) is 1. The van der Waals surface area contributed by atoms with Gasteiger partial charge in [0.2, 0.25) is 0 Å². The van der Waals surface area contributed by atoms with E-state index in [4.69, 9.17) is 0 Å². The summed E-state index contributed by atoms with van der Waals surface area (Å²) in [5, 5.41) is 2.63. The highest BCUT2D eigenvalue weighted by Gasteiger charge is 2.28. The molecule has 0 radical (unpaired) electrons. The molecule has 0 saturated heterocycles. The topological polar surface area (TPSA) is 12.0 Å². The van der Waals surface area contributed by atoms with Crippen LogP contribution in [0.3, 0.4) is 0 Å². The van der Waals surface area contributed by atoms with Gasteiger partial charge >= 0.3 is 0 Å². The summed E-state index contributed by atoms with van der Waals surface area (Å²) >= 11 is 0. The highest BCUT2D eigenvalue weighted by molar-refractivity contribution is 5.48. The van der Waals surface area contributed by atoms with Crippen LogP contribution in [-0.4, -0.2) is 6.04 Å². The van der Waals surface area contributed by atoms with Crippen molar-refractivity contribution >= 4 is 5.69 Å². The summed E-state index contributed by atoms with van der Waals surface area (Å²) in [7, 11) is 0. The SMILES string of the molecule is CCC1CCCC1Nc1c(F)c(F)cc(F)c1F.